The highest BCUT2D eigenvalue weighted by atomic mass is 32.2. The first kappa shape index (κ1) is 29.7. The average molecular weight is 507 g/mol. The van der Waals surface area contributed by atoms with Gasteiger partial charge < -0.3 is 18.9 Å². The van der Waals surface area contributed by atoms with E-state index in [1.165, 1.54) is 0 Å². The third-order valence-electron chi connectivity index (χ3n) is 3.16. The molecule has 0 saturated heterocycles. The largest absolute Gasteiger partial charge is 0.462 e. The summed E-state index contributed by atoms with van der Waals surface area (Å²) in [6.45, 7) is 2.33. The van der Waals surface area contributed by atoms with Gasteiger partial charge >= 0.3 is 23.9 Å². The van der Waals surface area contributed by atoms with Gasteiger partial charge in [0, 0.05) is 27.7 Å². The summed E-state index contributed by atoms with van der Waals surface area (Å²) < 4.78 is 76.7. The second kappa shape index (κ2) is 12.7. The summed E-state index contributed by atoms with van der Waals surface area (Å²) in [5, 5.41) is 0. The van der Waals surface area contributed by atoms with Gasteiger partial charge in [0.2, 0.25) is 0 Å². The van der Waals surface area contributed by atoms with Gasteiger partial charge in [0.05, 0.1) is 12.5 Å². The van der Waals surface area contributed by atoms with E-state index in [0.717, 1.165) is 27.7 Å². The molecule has 14 nitrogen and oxygen atoms in total. The number of hydrogen-bond donors (Lipinski definition) is 0. The number of hydrogen-bond acceptors (Lipinski definition) is 14. The van der Waals surface area contributed by atoms with E-state index in [-0.39, 0.29) is 0 Å². The van der Waals surface area contributed by atoms with Crippen LogP contribution >= 0.6 is 0 Å². The van der Waals surface area contributed by atoms with Crippen molar-refractivity contribution in [1.82, 2.24) is 0 Å². The van der Waals surface area contributed by atoms with Crippen LogP contribution in [0.4, 0.5) is 0 Å². The Hall–Kier alpha value is -2.30. The van der Waals surface area contributed by atoms with Gasteiger partial charge in [0.15, 0.2) is 12.2 Å². The van der Waals surface area contributed by atoms with E-state index < -0.39 is 81.7 Å². The number of esters is 4. The molecule has 0 rings (SSSR count). The number of carbonyl (C=O) groups excluding carboxylic acids is 4. The molecule has 4 atom stereocenters. The fourth-order valence-electron chi connectivity index (χ4n) is 2.28. The predicted octanol–water partition coefficient (Wildman–Crippen LogP) is -1.33. The van der Waals surface area contributed by atoms with Crippen molar-refractivity contribution in [3.05, 3.63) is 0 Å². The molecule has 0 radical (unpaired) electrons. The van der Waals surface area contributed by atoms with Gasteiger partial charge in [-0.2, -0.15) is 16.8 Å². The molecule has 0 saturated carbocycles. The van der Waals surface area contributed by atoms with Crippen molar-refractivity contribution in [2.75, 3.05) is 25.7 Å². The third kappa shape index (κ3) is 13.9. The minimum absolute atomic E-state index is 0.598. The topological polar surface area (TPSA) is 192 Å². The Bertz CT molecular complexity index is 818. The van der Waals surface area contributed by atoms with Gasteiger partial charge in [-0.3, -0.25) is 27.5 Å². The first-order valence-electron chi connectivity index (χ1n) is 8.79. The zero-order valence-corrected chi connectivity index (χ0v) is 19.9. The van der Waals surface area contributed by atoms with Gasteiger partial charge in [-0.1, -0.05) is 0 Å². The molecule has 0 heterocycles. The molecule has 32 heavy (non-hydrogen) atoms. The van der Waals surface area contributed by atoms with E-state index in [9.17, 15) is 36.0 Å². The quantitative estimate of drug-likeness (QED) is 0.162. The molecule has 0 aromatic carbocycles. The van der Waals surface area contributed by atoms with Crippen molar-refractivity contribution in [1.29, 1.82) is 0 Å². The molecule has 0 spiro atoms. The van der Waals surface area contributed by atoms with E-state index in [4.69, 9.17) is 27.3 Å². The van der Waals surface area contributed by atoms with E-state index in [1.54, 1.807) is 0 Å². The normalized spacial score (nSPS) is 15.6. The summed E-state index contributed by atoms with van der Waals surface area (Å²) in [5.41, 5.74) is 0. The molecule has 0 bridgehead atoms. The Labute approximate surface area is 185 Å². The van der Waals surface area contributed by atoms with Gasteiger partial charge in [-0.05, 0) is 0 Å². The first-order valence-corrected chi connectivity index (χ1v) is 12.4. The molecule has 0 unspecified atom stereocenters. The number of rotatable bonds is 13. The highest BCUT2D eigenvalue weighted by molar-refractivity contribution is 7.86. The van der Waals surface area contributed by atoms with E-state index in [0.29, 0.717) is 12.5 Å². The molecule has 0 aliphatic rings. The molecular formula is C16H26O14S2. The summed E-state index contributed by atoms with van der Waals surface area (Å²) >= 11 is 0. The second-order valence-corrected chi connectivity index (χ2v) is 9.63. The zero-order chi connectivity index (χ0) is 25.3. The zero-order valence-electron chi connectivity index (χ0n) is 18.3. The van der Waals surface area contributed by atoms with Crippen LogP contribution < -0.4 is 0 Å². The van der Waals surface area contributed by atoms with Crippen molar-refractivity contribution in [3.63, 3.8) is 0 Å². The molecule has 0 aromatic rings. The van der Waals surface area contributed by atoms with Crippen molar-refractivity contribution in [2.24, 2.45) is 0 Å². The second-order valence-electron chi connectivity index (χ2n) is 6.43. The van der Waals surface area contributed by atoms with Crippen molar-refractivity contribution in [3.8, 4) is 0 Å². The van der Waals surface area contributed by atoms with Crippen LogP contribution in [-0.2, 0) is 66.7 Å². The van der Waals surface area contributed by atoms with Crippen molar-refractivity contribution < 1.29 is 63.3 Å². The standard InChI is InChI=1S/C16H26O14S2/c1-9(17)25-7-13(27-11(3)19)15(29-31(5,21)22)16(30-32(6,23)24)14(28-12(4)20)8-26-10(2)18/h13-16H,7-8H2,1-6H3/t13-,14-,15-,16+/m1/s1. The van der Waals surface area contributed by atoms with Crippen LogP contribution in [0.1, 0.15) is 27.7 Å². The minimum atomic E-state index is -4.39. The molecule has 0 N–H and O–H groups in total. The lowest BCUT2D eigenvalue weighted by molar-refractivity contribution is -0.179. The summed E-state index contributed by atoms with van der Waals surface area (Å²) in [5.74, 6) is -3.66. The van der Waals surface area contributed by atoms with Gasteiger partial charge in [0.25, 0.3) is 20.2 Å². The van der Waals surface area contributed by atoms with Crippen LogP contribution in [0.2, 0.25) is 0 Å². The smallest absolute Gasteiger partial charge is 0.303 e. The Balaban J connectivity index is 6.59. The lowest BCUT2D eigenvalue weighted by Crippen LogP contribution is -2.54. The van der Waals surface area contributed by atoms with Crippen molar-refractivity contribution in [2.45, 2.75) is 52.1 Å². The maximum Gasteiger partial charge on any atom is 0.303 e. The van der Waals surface area contributed by atoms with E-state index in [2.05, 4.69) is 0 Å². The minimum Gasteiger partial charge on any atom is -0.462 e. The summed E-state index contributed by atoms with van der Waals surface area (Å²) in [7, 11) is -8.78. The van der Waals surface area contributed by atoms with Gasteiger partial charge in [0.1, 0.15) is 25.4 Å². The molecule has 16 heteroatoms. The Morgan fingerprint density at radius 1 is 0.594 bits per heavy atom. The third-order valence-corrected chi connectivity index (χ3v) is 4.31. The fourth-order valence-corrected chi connectivity index (χ4v) is 3.55. The van der Waals surface area contributed by atoms with Gasteiger partial charge in [-0.15, -0.1) is 0 Å². The maximum absolute atomic E-state index is 11.9. The van der Waals surface area contributed by atoms with Crippen molar-refractivity contribution >= 4 is 44.1 Å². The van der Waals surface area contributed by atoms with Crippen LogP contribution in [0.3, 0.4) is 0 Å². The highest BCUT2D eigenvalue weighted by Gasteiger charge is 2.45. The van der Waals surface area contributed by atoms with Crippen LogP contribution in [0.5, 0.6) is 0 Å². The highest BCUT2D eigenvalue weighted by Crippen LogP contribution is 2.23. The van der Waals surface area contributed by atoms with Crippen LogP contribution in [0.15, 0.2) is 0 Å². The van der Waals surface area contributed by atoms with E-state index >= 15 is 0 Å². The monoisotopic (exact) mass is 506 g/mol. The summed E-state index contributed by atoms with van der Waals surface area (Å²) in [6, 6.07) is 0. The van der Waals surface area contributed by atoms with Crippen LogP contribution in [-0.4, -0.2) is 90.9 Å². The lowest BCUT2D eigenvalue weighted by atomic mass is 10.0. The number of ether oxygens (including phenoxy) is 4. The molecule has 0 amide bonds. The Kier molecular flexibility index (Phi) is 11.8. The van der Waals surface area contributed by atoms with Gasteiger partial charge in [-0.25, -0.2) is 0 Å². The first-order chi connectivity index (χ1) is 14.4. The average Bonchev–Trinajstić information content (AvgIpc) is 2.56. The number of carbonyl (C=O) groups is 4. The Morgan fingerprint density at radius 2 is 0.875 bits per heavy atom. The summed E-state index contributed by atoms with van der Waals surface area (Å²) in [4.78, 5) is 45.6. The van der Waals surface area contributed by atoms with Crippen LogP contribution in [0, 0.1) is 0 Å². The fraction of sp³-hybridized carbons (Fsp3) is 0.750. The molecular weight excluding hydrogens is 480 g/mol. The van der Waals surface area contributed by atoms with E-state index in [1.807, 2.05) is 0 Å². The Morgan fingerprint density at radius 3 is 1.06 bits per heavy atom. The molecule has 0 aromatic heterocycles. The molecule has 186 valence electrons. The SMILES string of the molecule is CC(=O)OC[C@@H](OC(C)=O)[C@H](OS(C)(=O)=O)[C@H](OS(C)(=O)=O)[C@@H](COC(C)=O)OC(C)=O. The van der Waals surface area contributed by atoms with Crippen LogP contribution in [0.25, 0.3) is 0 Å². The predicted molar refractivity (Wildman–Crippen MR) is 104 cm³/mol. The lowest BCUT2D eigenvalue weighted by Gasteiger charge is -2.34. The molecule has 0 fully saturated rings. The molecule has 0 aliphatic carbocycles. The maximum atomic E-state index is 11.9. The summed E-state index contributed by atoms with van der Waals surface area (Å²) in [6.07, 6.45) is -6.34. The molecule has 0 aliphatic heterocycles.